The Morgan fingerprint density at radius 1 is 1.13 bits per heavy atom. The number of halogens is 1. The molecule has 10 heteroatoms. The van der Waals surface area contributed by atoms with Crippen molar-refractivity contribution in [2.75, 3.05) is 13.2 Å². The van der Waals surface area contributed by atoms with Crippen LogP contribution in [0.25, 0.3) is 5.82 Å². The van der Waals surface area contributed by atoms with Crippen LogP contribution >= 0.6 is 0 Å². The smallest absolute Gasteiger partial charge is 0.325 e. The van der Waals surface area contributed by atoms with Gasteiger partial charge in [0.15, 0.2) is 17.4 Å². The van der Waals surface area contributed by atoms with E-state index in [9.17, 15) is 14.0 Å². The minimum absolute atomic E-state index is 0.230. The van der Waals surface area contributed by atoms with E-state index in [0.717, 1.165) is 6.20 Å². The van der Waals surface area contributed by atoms with Gasteiger partial charge in [0.05, 0.1) is 31.6 Å². The molecule has 4 heterocycles. The number of nitrogens with one attached hydrogen (secondary N) is 1. The lowest BCUT2D eigenvalue weighted by molar-refractivity contribution is -0.186. The van der Waals surface area contributed by atoms with Crippen molar-refractivity contribution in [1.29, 1.82) is 0 Å². The monoisotopic (exact) mass is 415 g/mol. The summed E-state index contributed by atoms with van der Waals surface area (Å²) in [7, 11) is 0. The molecule has 3 aliphatic rings. The molecule has 0 radical (unpaired) electrons. The van der Waals surface area contributed by atoms with Gasteiger partial charge in [-0.1, -0.05) is 6.07 Å². The van der Waals surface area contributed by atoms with Crippen molar-refractivity contribution in [3.05, 3.63) is 42.1 Å². The quantitative estimate of drug-likeness (QED) is 0.771. The molecule has 3 amide bonds. The Bertz CT molecular complexity index is 975. The van der Waals surface area contributed by atoms with Gasteiger partial charge in [0.2, 0.25) is 0 Å². The Labute approximate surface area is 172 Å². The Morgan fingerprint density at radius 2 is 1.87 bits per heavy atom. The highest BCUT2D eigenvalue weighted by Gasteiger charge is 2.57. The summed E-state index contributed by atoms with van der Waals surface area (Å²) in [6, 6.07) is 2.53. The van der Waals surface area contributed by atoms with Crippen molar-refractivity contribution in [3.63, 3.8) is 0 Å². The number of carbonyl (C=O) groups excluding carboxylic acids is 2. The van der Waals surface area contributed by atoms with Crippen molar-refractivity contribution in [1.82, 2.24) is 25.0 Å². The van der Waals surface area contributed by atoms with Crippen molar-refractivity contribution in [2.45, 2.75) is 50.0 Å². The number of aromatic nitrogens is 3. The third-order valence-electron chi connectivity index (χ3n) is 6.30. The third-order valence-corrected chi connectivity index (χ3v) is 6.30. The average Bonchev–Trinajstić information content (AvgIpc) is 3.44. The first-order valence-corrected chi connectivity index (χ1v) is 10.0. The van der Waals surface area contributed by atoms with Gasteiger partial charge in [-0.2, -0.15) is 5.10 Å². The van der Waals surface area contributed by atoms with E-state index in [2.05, 4.69) is 15.4 Å². The zero-order valence-electron chi connectivity index (χ0n) is 16.5. The predicted molar refractivity (Wildman–Crippen MR) is 101 cm³/mol. The number of urea groups is 1. The van der Waals surface area contributed by atoms with Crippen LogP contribution in [-0.2, 0) is 14.3 Å². The van der Waals surface area contributed by atoms with Gasteiger partial charge in [0, 0.05) is 19.0 Å². The number of nitrogens with zero attached hydrogens (tertiary/aromatic N) is 4. The second-order valence-electron chi connectivity index (χ2n) is 8.02. The molecule has 2 aromatic rings. The molecule has 0 bridgehead atoms. The van der Waals surface area contributed by atoms with Gasteiger partial charge < -0.3 is 14.8 Å². The van der Waals surface area contributed by atoms with Gasteiger partial charge in [-0.15, -0.1) is 0 Å². The molecule has 2 spiro atoms. The van der Waals surface area contributed by atoms with Crippen molar-refractivity contribution in [3.8, 4) is 5.82 Å². The number of imide groups is 1. The van der Waals surface area contributed by atoms with Crippen LogP contribution in [0.4, 0.5) is 9.18 Å². The lowest BCUT2D eigenvalue weighted by atomic mass is 9.78. The van der Waals surface area contributed by atoms with Gasteiger partial charge in [-0.25, -0.2) is 18.9 Å². The topological polar surface area (TPSA) is 98.6 Å². The number of rotatable bonds is 3. The molecule has 9 nitrogen and oxygen atoms in total. The van der Waals surface area contributed by atoms with Crippen molar-refractivity contribution >= 4 is 11.9 Å². The predicted octanol–water partition coefficient (Wildman–Crippen LogP) is 2.08. The maximum absolute atomic E-state index is 13.3. The minimum atomic E-state index is -0.911. The molecule has 1 saturated carbocycles. The van der Waals surface area contributed by atoms with E-state index in [-0.39, 0.29) is 5.91 Å². The van der Waals surface area contributed by atoms with E-state index >= 15 is 0 Å². The number of pyridine rings is 1. The summed E-state index contributed by atoms with van der Waals surface area (Å²) in [5, 5.41) is 6.80. The van der Waals surface area contributed by atoms with Gasteiger partial charge >= 0.3 is 6.03 Å². The Morgan fingerprint density at radius 3 is 2.47 bits per heavy atom. The van der Waals surface area contributed by atoms with E-state index in [0.29, 0.717) is 50.3 Å². The molecule has 5 rings (SSSR count). The first-order valence-electron chi connectivity index (χ1n) is 10.0. The Balaban J connectivity index is 1.33. The second kappa shape index (κ2) is 6.85. The van der Waals surface area contributed by atoms with Crippen LogP contribution in [0.3, 0.4) is 0 Å². The number of hydrogen-bond donors (Lipinski definition) is 1. The number of ether oxygens (including phenoxy) is 2. The van der Waals surface area contributed by atoms with E-state index in [4.69, 9.17) is 9.47 Å². The largest absolute Gasteiger partial charge is 0.348 e. The summed E-state index contributed by atoms with van der Waals surface area (Å²) in [6.07, 6.45) is 5.98. The molecule has 0 aromatic carbocycles. The van der Waals surface area contributed by atoms with Crippen LogP contribution in [0.15, 0.2) is 30.7 Å². The molecule has 158 valence electrons. The molecule has 2 aliphatic heterocycles. The first-order chi connectivity index (χ1) is 14.4. The number of hydrogen-bond acceptors (Lipinski definition) is 6. The summed E-state index contributed by atoms with van der Waals surface area (Å²) in [4.78, 5) is 31.6. The highest BCUT2D eigenvalue weighted by atomic mass is 19.1. The Kier molecular flexibility index (Phi) is 4.37. The summed E-state index contributed by atoms with van der Waals surface area (Å²) >= 11 is 0. The molecule has 3 fully saturated rings. The van der Waals surface area contributed by atoms with Crippen LogP contribution in [0.5, 0.6) is 0 Å². The van der Waals surface area contributed by atoms with Gasteiger partial charge in [-0.05, 0) is 31.4 Å². The van der Waals surface area contributed by atoms with E-state index < -0.39 is 29.2 Å². The zero-order valence-corrected chi connectivity index (χ0v) is 16.5. The molecular formula is C20H22FN5O4. The van der Waals surface area contributed by atoms with Crippen LogP contribution in [0.1, 0.15) is 44.2 Å². The zero-order chi connectivity index (χ0) is 20.9. The average molecular weight is 415 g/mol. The van der Waals surface area contributed by atoms with E-state index in [1.165, 1.54) is 15.8 Å². The fraction of sp³-hybridized carbons (Fsp3) is 0.500. The summed E-state index contributed by atoms with van der Waals surface area (Å²) in [5.41, 5.74) is -0.215. The number of amides is 3. The third kappa shape index (κ3) is 2.98. The van der Waals surface area contributed by atoms with Gasteiger partial charge in [0.25, 0.3) is 5.91 Å². The fourth-order valence-corrected chi connectivity index (χ4v) is 4.53. The minimum Gasteiger partial charge on any atom is -0.348 e. The van der Waals surface area contributed by atoms with Gasteiger partial charge in [-0.3, -0.25) is 9.69 Å². The molecule has 1 N–H and O–H groups in total. The van der Waals surface area contributed by atoms with Crippen LogP contribution in [0, 0.1) is 5.82 Å². The summed E-state index contributed by atoms with van der Waals surface area (Å²) < 4.78 is 26.0. The molecule has 1 atom stereocenters. The first kappa shape index (κ1) is 19.1. The molecule has 2 saturated heterocycles. The molecular weight excluding hydrogens is 393 g/mol. The van der Waals surface area contributed by atoms with E-state index in [1.807, 2.05) is 0 Å². The lowest BCUT2D eigenvalue weighted by Crippen LogP contribution is -2.53. The van der Waals surface area contributed by atoms with Crippen LogP contribution < -0.4 is 5.32 Å². The molecule has 1 aliphatic carbocycles. The molecule has 0 unspecified atom stereocenters. The van der Waals surface area contributed by atoms with Crippen LogP contribution in [-0.4, -0.2) is 56.1 Å². The lowest BCUT2D eigenvalue weighted by Gasteiger charge is -2.39. The molecule has 2 aromatic heterocycles. The van der Waals surface area contributed by atoms with Gasteiger partial charge in [0.1, 0.15) is 5.54 Å². The van der Waals surface area contributed by atoms with Crippen LogP contribution in [0.2, 0.25) is 0 Å². The SMILES string of the molecule is C[C@@H](c1ccc(-n2cc(F)cn2)nc1)N1C(=O)NC2(CCC3(CC2)OCCO3)C1=O. The standard InChI is InChI=1S/C20H22FN5O4/c1-13(14-2-3-16(22-10-14)25-12-15(21)11-23-25)26-17(27)19(24-18(26)28)4-6-20(7-5-19)29-8-9-30-20/h2-3,10-13H,4-9H2,1H3,(H,24,28)/t13-/m0/s1. The maximum Gasteiger partial charge on any atom is 0.325 e. The van der Waals surface area contributed by atoms with Crippen molar-refractivity contribution in [2.24, 2.45) is 0 Å². The second-order valence-corrected chi connectivity index (χ2v) is 8.02. The highest BCUT2D eigenvalue weighted by Crippen LogP contribution is 2.43. The highest BCUT2D eigenvalue weighted by molar-refractivity contribution is 6.07. The number of carbonyl (C=O) groups is 2. The summed E-state index contributed by atoms with van der Waals surface area (Å²) in [6.45, 7) is 2.91. The Hall–Kier alpha value is -2.85. The molecule has 30 heavy (non-hydrogen) atoms. The van der Waals surface area contributed by atoms with E-state index in [1.54, 1.807) is 25.3 Å². The normalized spacial score (nSPS) is 23.3. The fourth-order valence-electron chi connectivity index (χ4n) is 4.53. The summed E-state index contributed by atoms with van der Waals surface area (Å²) in [5.74, 6) is -0.855. The maximum atomic E-state index is 13.3. The van der Waals surface area contributed by atoms with Crippen molar-refractivity contribution < 1.29 is 23.5 Å².